The second-order valence-electron chi connectivity index (χ2n) is 3.16. The highest BCUT2D eigenvalue weighted by Gasteiger charge is 2.18. The molecule has 0 atom stereocenters. The SMILES string of the molecule is COC(=O)c1c[nH]c(C(=O)CCN)c1C. The second-order valence-corrected chi connectivity index (χ2v) is 3.16. The normalized spacial score (nSPS) is 10.1. The van der Waals surface area contributed by atoms with E-state index >= 15 is 0 Å². The van der Waals surface area contributed by atoms with Gasteiger partial charge in [0.25, 0.3) is 0 Å². The summed E-state index contributed by atoms with van der Waals surface area (Å²) in [5.74, 6) is -0.541. The van der Waals surface area contributed by atoms with Crippen molar-refractivity contribution in [3.8, 4) is 0 Å². The molecule has 0 aliphatic rings. The molecule has 0 bridgehead atoms. The lowest BCUT2D eigenvalue weighted by Gasteiger charge is -1.99. The van der Waals surface area contributed by atoms with Crippen LogP contribution in [0.3, 0.4) is 0 Å². The first-order chi connectivity index (χ1) is 7.11. The van der Waals surface area contributed by atoms with Crippen LogP contribution in [0.15, 0.2) is 6.20 Å². The predicted octanol–water partition coefficient (Wildman–Crippen LogP) is 0.641. The molecule has 0 radical (unpaired) electrons. The Balaban J connectivity index is 2.98. The zero-order chi connectivity index (χ0) is 11.4. The first kappa shape index (κ1) is 11.5. The maximum Gasteiger partial charge on any atom is 0.339 e. The first-order valence-corrected chi connectivity index (χ1v) is 4.61. The Morgan fingerprint density at radius 1 is 1.53 bits per heavy atom. The van der Waals surface area contributed by atoms with Crippen molar-refractivity contribution in [2.75, 3.05) is 13.7 Å². The van der Waals surface area contributed by atoms with Crippen LogP contribution in [0, 0.1) is 6.92 Å². The number of aromatic amines is 1. The summed E-state index contributed by atoms with van der Waals surface area (Å²) in [6.07, 6.45) is 1.74. The van der Waals surface area contributed by atoms with Crippen molar-refractivity contribution in [2.45, 2.75) is 13.3 Å². The molecule has 5 nitrogen and oxygen atoms in total. The van der Waals surface area contributed by atoms with Crippen molar-refractivity contribution in [3.63, 3.8) is 0 Å². The summed E-state index contributed by atoms with van der Waals surface area (Å²) in [5.41, 5.74) is 6.71. The van der Waals surface area contributed by atoms with E-state index in [0.29, 0.717) is 23.4 Å². The van der Waals surface area contributed by atoms with Crippen molar-refractivity contribution < 1.29 is 14.3 Å². The number of carbonyl (C=O) groups excluding carboxylic acids is 2. The molecule has 1 heterocycles. The highest BCUT2D eigenvalue weighted by atomic mass is 16.5. The highest BCUT2D eigenvalue weighted by Crippen LogP contribution is 2.15. The number of nitrogens with two attached hydrogens (primary N) is 1. The largest absolute Gasteiger partial charge is 0.465 e. The number of aromatic nitrogens is 1. The Morgan fingerprint density at radius 3 is 2.73 bits per heavy atom. The fraction of sp³-hybridized carbons (Fsp3) is 0.400. The lowest BCUT2D eigenvalue weighted by molar-refractivity contribution is 0.0600. The molecule has 0 aliphatic carbocycles. The van der Waals surface area contributed by atoms with Crippen LogP contribution >= 0.6 is 0 Å². The average molecular weight is 210 g/mol. The average Bonchev–Trinajstić information content (AvgIpc) is 2.59. The van der Waals surface area contributed by atoms with Crippen LogP contribution in [0.5, 0.6) is 0 Å². The number of carbonyl (C=O) groups is 2. The van der Waals surface area contributed by atoms with E-state index in [9.17, 15) is 9.59 Å². The molecular weight excluding hydrogens is 196 g/mol. The molecule has 5 heteroatoms. The number of methoxy groups -OCH3 is 1. The molecule has 1 rings (SSSR count). The van der Waals surface area contributed by atoms with E-state index in [4.69, 9.17) is 5.73 Å². The van der Waals surface area contributed by atoms with Gasteiger partial charge in [-0.05, 0) is 19.0 Å². The van der Waals surface area contributed by atoms with Gasteiger partial charge in [0.2, 0.25) is 0 Å². The molecule has 1 aromatic heterocycles. The van der Waals surface area contributed by atoms with Gasteiger partial charge in [0.15, 0.2) is 5.78 Å². The van der Waals surface area contributed by atoms with Crippen LogP contribution in [-0.4, -0.2) is 30.4 Å². The van der Waals surface area contributed by atoms with Gasteiger partial charge >= 0.3 is 5.97 Å². The fourth-order valence-corrected chi connectivity index (χ4v) is 1.36. The van der Waals surface area contributed by atoms with Crippen LogP contribution in [0.25, 0.3) is 0 Å². The minimum absolute atomic E-state index is 0.0925. The number of nitrogens with one attached hydrogen (secondary N) is 1. The van der Waals surface area contributed by atoms with Crippen molar-refractivity contribution in [2.24, 2.45) is 5.73 Å². The zero-order valence-electron chi connectivity index (χ0n) is 8.79. The number of Topliss-reactive ketones (excluding diaryl/α,β-unsaturated/α-hetero) is 1. The Morgan fingerprint density at radius 2 is 2.20 bits per heavy atom. The summed E-state index contributed by atoms with van der Waals surface area (Å²) >= 11 is 0. The van der Waals surface area contributed by atoms with E-state index in [1.807, 2.05) is 0 Å². The number of hydrogen-bond acceptors (Lipinski definition) is 4. The van der Waals surface area contributed by atoms with Gasteiger partial charge in [-0.15, -0.1) is 0 Å². The van der Waals surface area contributed by atoms with Crippen LogP contribution in [0.2, 0.25) is 0 Å². The number of ether oxygens (including phenoxy) is 1. The third-order valence-corrected chi connectivity index (χ3v) is 2.20. The molecule has 0 saturated heterocycles. The maximum absolute atomic E-state index is 11.5. The van der Waals surface area contributed by atoms with Crippen molar-refractivity contribution in [3.05, 3.63) is 23.0 Å². The standard InChI is InChI=1S/C10H14N2O3/c1-6-7(10(14)15-2)5-12-9(6)8(13)3-4-11/h5,12H,3-4,11H2,1-2H3. The molecule has 0 unspecified atom stereocenters. The zero-order valence-corrected chi connectivity index (χ0v) is 8.79. The van der Waals surface area contributed by atoms with Gasteiger partial charge in [-0.2, -0.15) is 0 Å². The molecule has 1 aromatic rings. The van der Waals surface area contributed by atoms with E-state index < -0.39 is 5.97 Å². The molecule has 3 N–H and O–H groups in total. The number of hydrogen-bond donors (Lipinski definition) is 2. The van der Waals surface area contributed by atoms with Crippen molar-refractivity contribution in [1.29, 1.82) is 0 Å². The molecule has 0 amide bonds. The quantitative estimate of drug-likeness (QED) is 0.564. The summed E-state index contributed by atoms with van der Waals surface area (Å²) in [7, 11) is 1.30. The maximum atomic E-state index is 11.5. The number of rotatable bonds is 4. The van der Waals surface area contributed by atoms with E-state index in [0.717, 1.165) is 0 Å². The van der Waals surface area contributed by atoms with Gasteiger partial charge in [0, 0.05) is 12.6 Å². The molecule has 82 valence electrons. The van der Waals surface area contributed by atoms with E-state index in [1.54, 1.807) is 6.92 Å². The van der Waals surface area contributed by atoms with Crippen LogP contribution in [0.1, 0.15) is 32.8 Å². The first-order valence-electron chi connectivity index (χ1n) is 4.61. The van der Waals surface area contributed by atoms with E-state index in [1.165, 1.54) is 13.3 Å². The molecule has 0 aromatic carbocycles. The Kier molecular flexibility index (Phi) is 3.62. The predicted molar refractivity (Wildman–Crippen MR) is 54.9 cm³/mol. The minimum Gasteiger partial charge on any atom is -0.465 e. The highest BCUT2D eigenvalue weighted by molar-refractivity contribution is 6.00. The molecule has 0 fully saturated rings. The van der Waals surface area contributed by atoms with Crippen molar-refractivity contribution >= 4 is 11.8 Å². The number of esters is 1. The van der Waals surface area contributed by atoms with Gasteiger partial charge in [-0.1, -0.05) is 0 Å². The van der Waals surface area contributed by atoms with E-state index in [-0.39, 0.29) is 12.2 Å². The summed E-state index contributed by atoms with van der Waals surface area (Å²) < 4.78 is 4.58. The lowest BCUT2D eigenvalue weighted by Crippen LogP contribution is -2.10. The Labute approximate surface area is 87.6 Å². The summed E-state index contributed by atoms with van der Waals surface area (Å²) in [5, 5.41) is 0. The Hall–Kier alpha value is -1.62. The monoisotopic (exact) mass is 210 g/mol. The van der Waals surface area contributed by atoms with Gasteiger partial charge in [-0.25, -0.2) is 4.79 Å². The Bertz CT molecular complexity index is 382. The summed E-state index contributed by atoms with van der Waals surface area (Å²) in [4.78, 5) is 25.5. The minimum atomic E-state index is -0.449. The topological polar surface area (TPSA) is 85.2 Å². The molecule has 0 spiro atoms. The van der Waals surface area contributed by atoms with Gasteiger partial charge in [0.05, 0.1) is 18.4 Å². The lowest BCUT2D eigenvalue weighted by atomic mass is 10.1. The van der Waals surface area contributed by atoms with Crippen LogP contribution in [-0.2, 0) is 4.74 Å². The van der Waals surface area contributed by atoms with Gasteiger partial charge in [-0.3, -0.25) is 4.79 Å². The third kappa shape index (κ3) is 2.24. The van der Waals surface area contributed by atoms with Gasteiger partial charge < -0.3 is 15.5 Å². The number of H-pyrrole nitrogens is 1. The molecule has 0 aliphatic heterocycles. The smallest absolute Gasteiger partial charge is 0.339 e. The molecular formula is C10H14N2O3. The molecule has 15 heavy (non-hydrogen) atoms. The fourth-order valence-electron chi connectivity index (χ4n) is 1.36. The molecule has 0 saturated carbocycles. The van der Waals surface area contributed by atoms with Crippen molar-refractivity contribution in [1.82, 2.24) is 4.98 Å². The van der Waals surface area contributed by atoms with E-state index in [2.05, 4.69) is 9.72 Å². The van der Waals surface area contributed by atoms with Gasteiger partial charge in [0.1, 0.15) is 0 Å². The number of ketones is 1. The summed E-state index contributed by atoms with van der Waals surface area (Å²) in [6, 6.07) is 0. The van der Waals surface area contributed by atoms with Crippen LogP contribution < -0.4 is 5.73 Å². The summed E-state index contributed by atoms with van der Waals surface area (Å²) in [6.45, 7) is 2.00. The third-order valence-electron chi connectivity index (χ3n) is 2.20. The second kappa shape index (κ2) is 4.75. The van der Waals surface area contributed by atoms with Crippen LogP contribution in [0.4, 0.5) is 0 Å².